The Morgan fingerprint density at radius 1 is 0.929 bits per heavy atom. The monoisotopic (exact) mass is 595 g/mol. The van der Waals surface area contributed by atoms with Gasteiger partial charge in [-0.15, -0.1) is 0 Å². The number of hydrogen-bond acceptors (Lipinski definition) is 5. The van der Waals surface area contributed by atoms with Crippen LogP contribution in [0.1, 0.15) is 98.4 Å². The van der Waals surface area contributed by atoms with Crippen molar-refractivity contribution >= 4 is 15.7 Å². The minimum atomic E-state index is -3.86. The Bertz CT molecular complexity index is 1470. The number of rotatable bonds is 7. The zero-order valence-corrected chi connectivity index (χ0v) is 25.3. The molecule has 0 unspecified atom stereocenters. The van der Waals surface area contributed by atoms with Gasteiger partial charge in [-0.25, -0.2) is 12.8 Å². The van der Waals surface area contributed by atoms with Crippen LogP contribution in [0.5, 0.6) is 5.75 Å². The first-order valence-corrected chi connectivity index (χ1v) is 16.8. The summed E-state index contributed by atoms with van der Waals surface area (Å²) in [5, 5.41) is 6.61. The van der Waals surface area contributed by atoms with Crippen molar-refractivity contribution < 1.29 is 22.3 Å². The van der Waals surface area contributed by atoms with Crippen molar-refractivity contribution in [1.29, 1.82) is 0 Å². The highest BCUT2D eigenvalue weighted by Gasteiger charge is 2.38. The first-order chi connectivity index (χ1) is 20.3. The van der Waals surface area contributed by atoms with E-state index in [9.17, 15) is 17.6 Å². The van der Waals surface area contributed by atoms with Crippen LogP contribution in [0, 0.1) is 5.82 Å². The Labute approximate surface area is 248 Å². The summed E-state index contributed by atoms with van der Waals surface area (Å²) >= 11 is 0. The van der Waals surface area contributed by atoms with Gasteiger partial charge in [0.25, 0.3) is 5.91 Å². The molecular weight excluding hydrogens is 553 g/mol. The molecule has 0 radical (unpaired) electrons. The molecule has 1 aliphatic carbocycles. The average Bonchev–Trinajstić information content (AvgIpc) is 3.42. The van der Waals surface area contributed by atoms with Gasteiger partial charge in [-0.3, -0.25) is 4.79 Å². The lowest BCUT2D eigenvalue weighted by Crippen LogP contribution is -2.43. The third-order valence-corrected chi connectivity index (χ3v) is 10.5. The molecule has 2 aromatic carbocycles. The summed E-state index contributed by atoms with van der Waals surface area (Å²) in [5.41, 5.74) is 3.80. The smallest absolute Gasteiger partial charge is 0.267 e. The van der Waals surface area contributed by atoms with Gasteiger partial charge in [-0.1, -0.05) is 63.5 Å². The number of benzene rings is 2. The fourth-order valence-electron chi connectivity index (χ4n) is 6.41. The maximum Gasteiger partial charge on any atom is 0.267 e. The summed E-state index contributed by atoms with van der Waals surface area (Å²) in [7, 11) is -3.86. The molecule has 3 aromatic rings. The third kappa shape index (κ3) is 6.73. The lowest BCUT2D eigenvalue weighted by molar-refractivity contribution is 0.0946. The first-order valence-electron chi connectivity index (χ1n) is 15.3. The number of hydrogen-bond donors (Lipinski definition) is 3. The van der Waals surface area contributed by atoms with Crippen LogP contribution in [0.15, 0.2) is 58.3 Å². The zero-order chi connectivity index (χ0) is 29.6. The normalized spacial score (nSPS) is 17.7. The first kappa shape index (κ1) is 30.3. The highest BCUT2D eigenvalue weighted by atomic mass is 32.2. The van der Waals surface area contributed by atoms with E-state index in [1.54, 1.807) is 19.1 Å². The average molecular weight is 596 g/mol. The van der Waals surface area contributed by atoms with Gasteiger partial charge in [-0.2, -0.15) is 0 Å². The quantitative estimate of drug-likeness (QED) is 0.268. The number of H-pyrrole nitrogens is 1. The Morgan fingerprint density at radius 2 is 1.57 bits per heavy atom. The van der Waals surface area contributed by atoms with Crippen molar-refractivity contribution in [2.45, 2.75) is 99.4 Å². The van der Waals surface area contributed by atoms with E-state index in [4.69, 9.17) is 4.74 Å². The Balaban J connectivity index is 1.26. The molecule has 0 saturated heterocycles. The van der Waals surface area contributed by atoms with Gasteiger partial charge in [-0.05, 0) is 61.2 Å². The van der Waals surface area contributed by atoms with Crippen LogP contribution in [0.25, 0.3) is 0 Å². The molecule has 1 saturated carbocycles. The lowest BCUT2D eigenvalue weighted by atomic mass is 9.72. The topological polar surface area (TPSA) is 100 Å². The maximum atomic E-state index is 13.9. The number of halogens is 1. The standard InChI is InChI=1S/C33H42FN3O4S/c1-2-41-30-20-27(15-16-28(30)34)42(39,40)26-13-11-24(12-14-26)21-36-32(38)29-19-25-22-35-23-33(31(25)37-29)17-9-7-5-3-4-6-8-10-18-33/h11-16,19-20,35,37H,2-10,17-18,21-23H2,1H3,(H,36,38). The van der Waals surface area contributed by atoms with Crippen LogP contribution in [0.4, 0.5) is 4.39 Å². The number of aromatic amines is 1. The number of carbonyl (C=O) groups excluding carboxylic acids is 1. The van der Waals surface area contributed by atoms with Gasteiger partial charge >= 0.3 is 0 Å². The molecule has 2 aliphatic rings. The highest BCUT2D eigenvalue weighted by molar-refractivity contribution is 7.91. The van der Waals surface area contributed by atoms with E-state index >= 15 is 0 Å². The molecule has 1 spiro atoms. The number of carbonyl (C=O) groups is 1. The van der Waals surface area contributed by atoms with Crippen molar-refractivity contribution in [2.75, 3.05) is 13.2 Å². The molecule has 5 rings (SSSR count). The molecule has 1 aliphatic heterocycles. The van der Waals surface area contributed by atoms with Gasteiger partial charge in [0.15, 0.2) is 11.6 Å². The fourth-order valence-corrected chi connectivity index (χ4v) is 7.69. The number of ether oxygens (including phenoxy) is 1. The molecule has 2 heterocycles. The third-order valence-electron chi connectivity index (χ3n) is 8.71. The van der Waals surface area contributed by atoms with Crippen molar-refractivity contribution in [1.82, 2.24) is 15.6 Å². The molecule has 9 heteroatoms. The molecular formula is C33H42FN3O4S. The van der Waals surface area contributed by atoms with E-state index in [0.717, 1.165) is 37.6 Å². The van der Waals surface area contributed by atoms with Crippen LogP contribution < -0.4 is 15.4 Å². The Morgan fingerprint density at radius 3 is 2.24 bits per heavy atom. The summed E-state index contributed by atoms with van der Waals surface area (Å²) in [6.07, 6.45) is 12.5. The van der Waals surface area contributed by atoms with Crippen LogP contribution in [0.3, 0.4) is 0 Å². The second-order valence-corrected chi connectivity index (χ2v) is 13.6. The second kappa shape index (κ2) is 13.4. The molecule has 1 fully saturated rings. The Kier molecular flexibility index (Phi) is 9.68. The summed E-state index contributed by atoms with van der Waals surface area (Å²) in [6, 6.07) is 11.9. The fraction of sp³-hybridized carbons (Fsp3) is 0.485. The number of fused-ring (bicyclic) bond motifs is 2. The minimum Gasteiger partial charge on any atom is -0.491 e. The molecule has 0 bridgehead atoms. The molecule has 1 amide bonds. The van der Waals surface area contributed by atoms with Crippen molar-refractivity contribution in [3.05, 3.63) is 76.9 Å². The van der Waals surface area contributed by atoms with E-state index in [1.165, 1.54) is 86.9 Å². The molecule has 226 valence electrons. The van der Waals surface area contributed by atoms with E-state index in [-0.39, 0.29) is 40.0 Å². The molecule has 7 nitrogen and oxygen atoms in total. The predicted molar refractivity (Wildman–Crippen MR) is 161 cm³/mol. The SMILES string of the molecule is CCOc1cc(S(=O)(=O)c2ccc(CNC(=O)c3cc4c([nH]3)C3(CCCCCCCCCC3)CNC4)cc2)ccc1F. The second-order valence-electron chi connectivity index (χ2n) is 11.7. The molecule has 0 atom stereocenters. The van der Waals surface area contributed by atoms with Gasteiger partial charge in [0.05, 0.1) is 16.4 Å². The number of nitrogens with one attached hydrogen (secondary N) is 3. The van der Waals surface area contributed by atoms with Crippen molar-refractivity contribution in [3.63, 3.8) is 0 Å². The summed E-state index contributed by atoms with van der Waals surface area (Å²) in [4.78, 5) is 16.8. The number of sulfone groups is 1. The largest absolute Gasteiger partial charge is 0.491 e. The van der Waals surface area contributed by atoms with E-state index in [0.29, 0.717) is 5.69 Å². The van der Waals surface area contributed by atoms with E-state index in [2.05, 4.69) is 15.6 Å². The van der Waals surface area contributed by atoms with Crippen molar-refractivity contribution in [2.24, 2.45) is 0 Å². The predicted octanol–water partition coefficient (Wildman–Crippen LogP) is 6.57. The molecule has 42 heavy (non-hydrogen) atoms. The molecule has 1 aromatic heterocycles. The van der Waals surface area contributed by atoms with Gasteiger partial charge in [0, 0.05) is 36.8 Å². The summed E-state index contributed by atoms with van der Waals surface area (Å²) in [6.45, 7) is 3.90. The van der Waals surface area contributed by atoms with Gasteiger partial charge < -0.3 is 20.4 Å². The minimum absolute atomic E-state index is 0.0394. The van der Waals surface area contributed by atoms with Gasteiger partial charge in [0.1, 0.15) is 5.69 Å². The molecule has 3 N–H and O–H groups in total. The van der Waals surface area contributed by atoms with Crippen LogP contribution >= 0.6 is 0 Å². The maximum absolute atomic E-state index is 13.9. The van der Waals surface area contributed by atoms with Crippen LogP contribution in [-0.4, -0.2) is 32.5 Å². The van der Waals surface area contributed by atoms with Crippen molar-refractivity contribution in [3.8, 4) is 5.75 Å². The zero-order valence-electron chi connectivity index (χ0n) is 24.4. The van der Waals surface area contributed by atoms with Crippen LogP contribution in [-0.2, 0) is 28.3 Å². The number of aromatic nitrogens is 1. The van der Waals surface area contributed by atoms with Gasteiger partial charge in [0.2, 0.25) is 9.84 Å². The number of amides is 1. The van der Waals surface area contributed by atoms with Crippen LogP contribution in [0.2, 0.25) is 0 Å². The van der Waals surface area contributed by atoms with E-state index in [1.807, 2.05) is 6.07 Å². The van der Waals surface area contributed by atoms with E-state index < -0.39 is 15.7 Å². The Hall–Kier alpha value is -3.17. The highest BCUT2D eigenvalue weighted by Crippen LogP contribution is 2.40. The summed E-state index contributed by atoms with van der Waals surface area (Å²) in [5.74, 6) is -0.883. The summed E-state index contributed by atoms with van der Waals surface area (Å²) < 4.78 is 45.4. The lowest BCUT2D eigenvalue weighted by Gasteiger charge is -2.38.